The van der Waals surface area contributed by atoms with Crippen LogP contribution in [-0.4, -0.2) is 33.2 Å². The highest BCUT2D eigenvalue weighted by atomic mass is 16.5. The van der Waals surface area contributed by atoms with E-state index in [-0.39, 0.29) is 16.8 Å². The SMILES string of the molecule is COC(=O)C(N)C12CC(c3ccc(N(C)C)cc3)(C1)C2. The molecular weight excluding hydrogens is 252 g/mol. The largest absolute Gasteiger partial charge is 0.468 e. The molecule has 108 valence electrons. The van der Waals surface area contributed by atoms with Gasteiger partial charge in [0.25, 0.3) is 0 Å². The van der Waals surface area contributed by atoms with Crippen LogP contribution in [0.25, 0.3) is 0 Å². The summed E-state index contributed by atoms with van der Waals surface area (Å²) in [6, 6.07) is 8.27. The molecule has 2 bridgehead atoms. The maximum Gasteiger partial charge on any atom is 0.323 e. The van der Waals surface area contributed by atoms with Gasteiger partial charge in [-0.25, -0.2) is 0 Å². The summed E-state index contributed by atoms with van der Waals surface area (Å²) in [5.41, 5.74) is 8.87. The van der Waals surface area contributed by atoms with Gasteiger partial charge in [0.2, 0.25) is 0 Å². The first kappa shape index (κ1) is 13.4. The number of benzene rings is 1. The Morgan fingerprint density at radius 1 is 1.25 bits per heavy atom. The Labute approximate surface area is 119 Å². The van der Waals surface area contributed by atoms with Gasteiger partial charge in [-0.1, -0.05) is 12.1 Å². The van der Waals surface area contributed by atoms with Gasteiger partial charge >= 0.3 is 5.97 Å². The van der Waals surface area contributed by atoms with Crippen molar-refractivity contribution in [2.75, 3.05) is 26.1 Å². The Balaban J connectivity index is 1.70. The standard InChI is InChI=1S/C16H22N2O2/c1-18(2)12-6-4-11(5-7-12)15-8-16(9-15,10-15)13(17)14(19)20-3/h4-7,13H,8-10,17H2,1-3H3. The summed E-state index contributed by atoms with van der Waals surface area (Å²) in [6.45, 7) is 0. The Bertz CT molecular complexity index is 516. The first-order valence-electron chi connectivity index (χ1n) is 7.04. The number of anilines is 1. The van der Waals surface area contributed by atoms with Crippen LogP contribution in [-0.2, 0) is 14.9 Å². The zero-order valence-electron chi connectivity index (χ0n) is 12.3. The monoisotopic (exact) mass is 274 g/mol. The molecule has 0 aromatic heterocycles. The van der Waals surface area contributed by atoms with Gasteiger partial charge in [0.05, 0.1) is 7.11 Å². The summed E-state index contributed by atoms with van der Waals surface area (Å²) >= 11 is 0. The Hall–Kier alpha value is -1.55. The van der Waals surface area contributed by atoms with E-state index in [4.69, 9.17) is 10.5 Å². The molecule has 3 aliphatic carbocycles. The molecule has 20 heavy (non-hydrogen) atoms. The molecule has 0 saturated heterocycles. The van der Waals surface area contributed by atoms with Crippen molar-refractivity contribution in [1.29, 1.82) is 0 Å². The van der Waals surface area contributed by atoms with Gasteiger partial charge in [0.15, 0.2) is 0 Å². The summed E-state index contributed by atoms with van der Waals surface area (Å²) < 4.78 is 4.77. The van der Waals surface area contributed by atoms with Crippen molar-refractivity contribution in [2.24, 2.45) is 11.1 Å². The highest BCUT2D eigenvalue weighted by Crippen LogP contribution is 2.74. The van der Waals surface area contributed by atoms with Crippen LogP contribution in [0.3, 0.4) is 0 Å². The van der Waals surface area contributed by atoms with E-state index >= 15 is 0 Å². The molecule has 3 fully saturated rings. The topological polar surface area (TPSA) is 55.6 Å². The van der Waals surface area contributed by atoms with Crippen molar-refractivity contribution >= 4 is 11.7 Å². The molecule has 3 saturated carbocycles. The highest BCUT2D eigenvalue weighted by Gasteiger charge is 2.71. The van der Waals surface area contributed by atoms with Gasteiger partial charge in [-0.3, -0.25) is 4.79 Å². The van der Waals surface area contributed by atoms with E-state index in [1.165, 1.54) is 18.4 Å². The fraction of sp³-hybridized carbons (Fsp3) is 0.562. The van der Waals surface area contributed by atoms with Crippen LogP contribution in [0.4, 0.5) is 5.69 Å². The van der Waals surface area contributed by atoms with Crippen molar-refractivity contribution in [3.05, 3.63) is 29.8 Å². The van der Waals surface area contributed by atoms with E-state index in [0.29, 0.717) is 0 Å². The van der Waals surface area contributed by atoms with E-state index < -0.39 is 6.04 Å². The van der Waals surface area contributed by atoms with Crippen molar-refractivity contribution in [3.8, 4) is 0 Å². The van der Waals surface area contributed by atoms with E-state index in [1.54, 1.807) is 0 Å². The Morgan fingerprint density at radius 2 is 1.80 bits per heavy atom. The average Bonchev–Trinajstić information content (AvgIpc) is 2.35. The smallest absolute Gasteiger partial charge is 0.323 e. The first-order valence-corrected chi connectivity index (χ1v) is 7.04. The maximum atomic E-state index is 11.6. The van der Waals surface area contributed by atoms with Gasteiger partial charge in [0, 0.05) is 19.8 Å². The molecule has 1 unspecified atom stereocenters. The number of nitrogens with two attached hydrogens (primary N) is 1. The van der Waals surface area contributed by atoms with Crippen molar-refractivity contribution < 1.29 is 9.53 Å². The zero-order chi connectivity index (χ0) is 14.5. The predicted octanol–water partition coefficient (Wildman–Crippen LogP) is 1.67. The quantitative estimate of drug-likeness (QED) is 0.849. The number of hydrogen-bond donors (Lipinski definition) is 1. The molecule has 4 nitrogen and oxygen atoms in total. The molecule has 0 heterocycles. The second-order valence-electron chi connectivity index (χ2n) is 6.62. The minimum absolute atomic E-state index is 0.00663. The maximum absolute atomic E-state index is 11.6. The third-order valence-corrected chi connectivity index (χ3v) is 5.18. The number of carbonyl (C=O) groups is 1. The van der Waals surface area contributed by atoms with Crippen LogP contribution in [0.5, 0.6) is 0 Å². The van der Waals surface area contributed by atoms with Crippen molar-refractivity contribution in [1.82, 2.24) is 0 Å². The zero-order valence-corrected chi connectivity index (χ0v) is 12.3. The third kappa shape index (κ3) is 1.67. The number of hydrogen-bond acceptors (Lipinski definition) is 4. The van der Waals surface area contributed by atoms with Gasteiger partial charge in [-0.05, 0) is 47.8 Å². The predicted molar refractivity (Wildman–Crippen MR) is 78.7 cm³/mol. The van der Waals surface area contributed by atoms with Gasteiger partial charge in [0.1, 0.15) is 6.04 Å². The molecule has 3 aliphatic rings. The summed E-state index contributed by atoms with van der Waals surface area (Å²) in [7, 11) is 5.49. The van der Waals surface area contributed by atoms with Crippen LogP contribution >= 0.6 is 0 Å². The summed E-state index contributed by atoms with van der Waals surface area (Å²) in [6.07, 6.45) is 3.03. The third-order valence-electron chi connectivity index (χ3n) is 5.18. The van der Waals surface area contributed by atoms with Crippen LogP contribution in [0, 0.1) is 5.41 Å². The van der Waals surface area contributed by atoms with E-state index in [0.717, 1.165) is 19.3 Å². The van der Waals surface area contributed by atoms with Gasteiger partial charge in [-0.15, -0.1) is 0 Å². The minimum atomic E-state index is -0.463. The fourth-order valence-corrected chi connectivity index (χ4v) is 3.99. The molecule has 4 heteroatoms. The molecule has 0 amide bonds. The molecular formula is C16H22N2O2. The molecule has 1 aromatic carbocycles. The van der Waals surface area contributed by atoms with Crippen LogP contribution in [0.2, 0.25) is 0 Å². The molecule has 0 spiro atoms. The number of carbonyl (C=O) groups excluding carboxylic acids is 1. The second kappa shape index (κ2) is 4.22. The molecule has 1 aromatic rings. The molecule has 0 radical (unpaired) electrons. The molecule has 2 N–H and O–H groups in total. The fourth-order valence-electron chi connectivity index (χ4n) is 3.99. The van der Waals surface area contributed by atoms with E-state index in [1.807, 2.05) is 14.1 Å². The lowest BCUT2D eigenvalue weighted by Gasteiger charge is -2.72. The molecule has 1 atom stereocenters. The summed E-state index contributed by atoms with van der Waals surface area (Å²) in [5.74, 6) is -0.277. The van der Waals surface area contributed by atoms with E-state index in [9.17, 15) is 4.79 Å². The number of ether oxygens (including phenoxy) is 1. The highest BCUT2D eigenvalue weighted by molar-refractivity contribution is 5.78. The van der Waals surface area contributed by atoms with Crippen LogP contribution in [0.1, 0.15) is 24.8 Å². The summed E-state index contributed by atoms with van der Waals surface area (Å²) in [4.78, 5) is 13.7. The number of methoxy groups -OCH3 is 1. The summed E-state index contributed by atoms with van der Waals surface area (Å²) in [5, 5.41) is 0. The number of nitrogens with zero attached hydrogens (tertiary/aromatic N) is 1. The molecule has 4 rings (SSSR count). The number of esters is 1. The average molecular weight is 274 g/mol. The minimum Gasteiger partial charge on any atom is -0.468 e. The Kier molecular flexibility index (Phi) is 2.83. The molecule has 0 aliphatic heterocycles. The normalized spacial score (nSPS) is 31.8. The number of rotatable bonds is 4. The lowest BCUT2D eigenvalue weighted by molar-refractivity contribution is -0.181. The van der Waals surface area contributed by atoms with Crippen molar-refractivity contribution in [2.45, 2.75) is 30.7 Å². The van der Waals surface area contributed by atoms with Crippen LogP contribution < -0.4 is 10.6 Å². The lowest BCUT2D eigenvalue weighted by atomic mass is 9.31. The van der Waals surface area contributed by atoms with E-state index in [2.05, 4.69) is 29.2 Å². The lowest BCUT2D eigenvalue weighted by Crippen LogP contribution is -2.72. The van der Waals surface area contributed by atoms with Crippen LogP contribution in [0.15, 0.2) is 24.3 Å². The van der Waals surface area contributed by atoms with Gasteiger partial charge in [-0.2, -0.15) is 0 Å². The first-order chi connectivity index (χ1) is 9.42. The van der Waals surface area contributed by atoms with Gasteiger partial charge < -0.3 is 15.4 Å². The Morgan fingerprint density at radius 3 is 2.25 bits per heavy atom. The van der Waals surface area contributed by atoms with Crippen molar-refractivity contribution in [3.63, 3.8) is 0 Å². The second-order valence-corrected chi connectivity index (χ2v) is 6.62.